The Labute approximate surface area is 121 Å². The van der Waals surface area contributed by atoms with Crippen LogP contribution < -0.4 is 0 Å². The molecule has 1 aromatic heterocycles. The van der Waals surface area contributed by atoms with Crippen LogP contribution in [0.4, 0.5) is 0 Å². The van der Waals surface area contributed by atoms with Crippen molar-refractivity contribution in [1.82, 2.24) is 9.78 Å². The highest BCUT2D eigenvalue weighted by molar-refractivity contribution is 5.36. The first kappa shape index (κ1) is 14.3. The Bertz CT molecular complexity index is 614. The lowest BCUT2D eigenvalue weighted by Crippen LogP contribution is -2.11. The molecule has 0 radical (unpaired) electrons. The van der Waals surface area contributed by atoms with Crippen LogP contribution in [-0.2, 0) is 5.41 Å². The average Bonchev–Trinajstić information content (AvgIpc) is 2.50. The summed E-state index contributed by atoms with van der Waals surface area (Å²) >= 11 is 0. The number of benzene rings is 1. The summed E-state index contributed by atoms with van der Waals surface area (Å²) in [6.45, 7) is 8.67. The molecule has 2 heteroatoms. The summed E-state index contributed by atoms with van der Waals surface area (Å²) < 4.78 is 1.90. The molecule has 0 saturated carbocycles. The van der Waals surface area contributed by atoms with Crippen LogP contribution in [0.25, 0.3) is 5.69 Å². The lowest BCUT2D eigenvalue weighted by Gasteiger charge is -2.19. The Morgan fingerprint density at radius 1 is 0.850 bits per heavy atom. The molecule has 0 aliphatic carbocycles. The van der Waals surface area contributed by atoms with Crippen LogP contribution in [0.5, 0.6) is 0 Å². The van der Waals surface area contributed by atoms with Gasteiger partial charge in [0.15, 0.2) is 0 Å². The molecule has 2 rings (SSSR count). The van der Waals surface area contributed by atoms with E-state index in [4.69, 9.17) is 0 Å². The number of hydrogen-bond acceptors (Lipinski definition) is 1. The minimum Gasteiger partial charge on any atom is -0.241 e. The van der Waals surface area contributed by atoms with Crippen molar-refractivity contribution in [2.75, 3.05) is 0 Å². The van der Waals surface area contributed by atoms with Crippen LogP contribution in [0.3, 0.4) is 0 Å². The molecule has 1 heterocycles. The summed E-state index contributed by atoms with van der Waals surface area (Å²) in [4.78, 5) is 0. The van der Waals surface area contributed by atoms with Crippen LogP contribution in [-0.4, -0.2) is 9.78 Å². The van der Waals surface area contributed by atoms with E-state index in [2.05, 4.69) is 50.1 Å². The minimum atomic E-state index is 0.173. The van der Waals surface area contributed by atoms with E-state index in [1.54, 1.807) is 0 Å². The van der Waals surface area contributed by atoms with E-state index in [1.165, 1.54) is 5.56 Å². The van der Waals surface area contributed by atoms with Gasteiger partial charge in [-0.25, -0.2) is 4.68 Å². The third-order valence-electron chi connectivity index (χ3n) is 3.16. The summed E-state index contributed by atoms with van der Waals surface area (Å²) in [5.41, 5.74) is 3.54. The first-order chi connectivity index (χ1) is 9.47. The Morgan fingerprint density at radius 3 is 2.15 bits per heavy atom. The topological polar surface area (TPSA) is 17.8 Å². The molecule has 0 bridgehead atoms. The zero-order chi connectivity index (χ0) is 14.6. The molecule has 2 nitrogen and oxygen atoms in total. The van der Waals surface area contributed by atoms with Gasteiger partial charge in [-0.2, -0.15) is 5.10 Å². The van der Waals surface area contributed by atoms with E-state index in [-0.39, 0.29) is 5.41 Å². The summed E-state index contributed by atoms with van der Waals surface area (Å²) in [6.07, 6.45) is 1.97. The smallest absolute Gasteiger partial charge is 0.0645 e. The highest BCUT2D eigenvalue weighted by atomic mass is 15.3. The van der Waals surface area contributed by atoms with Crippen LogP contribution in [0.1, 0.15) is 32.0 Å². The number of aryl methyl sites for hydroxylation is 1. The van der Waals surface area contributed by atoms with Crippen LogP contribution in [0.15, 0.2) is 60.8 Å². The standard InChI is InChI=1S/C18H22N2/c1-15-9-7-5-6-8-14-20(19-15)17-12-10-16(11-13-17)18(2,3)4/h5-14H,1-4H3. The first-order valence-corrected chi connectivity index (χ1v) is 6.93. The molecule has 0 atom stereocenters. The fraction of sp³-hybridized carbons (Fsp3) is 0.278. The van der Waals surface area contributed by atoms with E-state index in [9.17, 15) is 0 Å². The molecule has 0 aliphatic heterocycles. The van der Waals surface area contributed by atoms with Crippen LogP contribution >= 0.6 is 0 Å². The van der Waals surface area contributed by atoms with Crippen molar-refractivity contribution in [2.24, 2.45) is 0 Å². The maximum atomic E-state index is 4.59. The van der Waals surface area contributed by atoms with Crippen LogP contribution in [0.2, 0.25) is 0 Å². The first-order valence-electron chi connectivity index (χ1n) is 6.93. The predicted octanol–water partition coefficient (Wildman–Crippen LogP) is 4.60. The van der Waals surface area contributed by atoms with E-state index in [0.29, 0.717) is 0 Å². The molecule has 0 amide bonds. The summed E-state index contributed by atoms with van der Waals surface area (Å²) in [6, 6.07) is 18.6. The number of aromatic nitrogens is 2. The fourth-order valence-corrected chi connectivity index (χ4v) is 1.95. The number of rotatable bonds is 1. The van der Waals surface area contributed by atoms with Gasteiger partial charge in [-0.15, -0.1) is 0 Å². The molecule has 0 N–H and O–H groups in total. The second kappa shape index (κ2) is 5.91. The van der Waals surface area contributed by atoms with Crippen molar-refractivity contribution in [1.29, 1.82) is 0 Å². The van der Waals surface area contributed by atoms with Gasteiger partial charge in [0.05, 0.1) is 11.4 Å². The van der Waals surface area contributed by atoms with Gasteiger partial charge in [0, 0.05) is 6.20 Å². The Hall–Kier alpha value is -2.09. The van der Waals surface area contributed by atoms with Gasteiger partial charge >= 0.3 is 0 Å². The zero-order valence-electron chi connectivity index (χ0n) is 12.7. The highest BCUT2D eigenvalue weighted by Crippen LogP contribution is 2.22. The third-order valence-corrected chi connectivity index (χ3v) is 3.16. The Kier molecular flexibility index (Phi) is 4.23. The molecule has 20 heavy (non-hydrogen) atoms. The largest absolute Gasteiger partial charge is 0.241 e. The molecule has 0 aliphatic rings. The Morgan fingerprint density at radius 2 is 1.50 bits per heavy atom. The highest BCUT2D eigenvalue weighted by Gasteiger charge is 2.12. The average molecular weight is 266 g/mol. The van der Waals surface area contributed by atoms with Crippen molar-refractivity contribution >= 4 is 0 Å². The van der Waals surface area contributed by atoms with Gasteiger partial charge in [-0.05, 0) is 42.2 Å². The van der Waals surface area contributed by atoms with E-state index in [1.807, 2.05) is 48.1 Å². The van der Waals surface area contributed by atoms with Crippen molar-refractivity contribution in [3.05, 3.63) is 72.1 Å². The van der Waals surface area contributed by atoms with Gasteiger partial charge in [-0.3, -0.25) is 0 Å². The van der Waals surface area contributed by atoms with Gasteiger partial charge < -0.3 is 0 Å². The second-order valence-corrected chi connectivity index (χ2v) is 5.97. The van der Waals surface area contributed by atoms with E-state index < -0.39 is 0 Å². The SMILES string of the molecule is Cc1ccccccn(-c2ccc(C(C)(C)C)cc2)n1. The minimum absolute atomic E-state index is 0.173. The number of nitrogens with zero attached hydrogens (tertiary/aromatic N) is 2. The molecule has 1 aromatic carbocycles. The van der Waals surface area contributed by atoms with Crippen molar-refractivity contribution in [2.45, 2.75) is 33.1 Å². The molecule has 104 valence electrons. The second-order valence-electron chi connectivity index (χ2n) is 5.97. The molecular weight excluding hydrogens is 244 g/mol. The third kappa shape index (κ3) is 3.70. The molecule has 0 fully saturated rings. The normalized spacial score (nSPS) is 11.0. The summed E-state index contributed by atoms with van der Waals surface area (Å²) in [5.74, 6) is 0. The van der Waals surface area contributed by atoms with Crippen molar-refractivity contribution < 1.29 is 0 Å². The molecule has 0 unspecified atom stereocenters. The van der Waals surface area contributed by atoms with Gasteiger partial charge in [0.2, 0.25) is 0 Å². The summed E-state index contributed by atoms with van der Waals surface area (Å²) in [5, 5.41) is 4.59. The van der Waals surface area contributed by atoms with Gasteiger partial charge in [-0.1, -0.05) is 51.1 Å². The summed E-state index contributed by atoms with van der Waals surface area (Å²) in [7, 11) is 0. The molecule has 2 aromatic rings. The molecule has 0 spiro atoms. The predicted molar refractivity (Wildman–Crippen MR) is 84.6 cm³/mol. The quantitative estimate of drug-likeness (QED) is 0.737. The van der Waals surface area contributed by atoms with Gasteiger partial charge in [0.1, 0.15) is 0 Å². The molecular formula is C18H22N2. The van der Waals surface area contributed by atoms with Crippen molar-refractivity contribution in [3.8, 4) is 5.69 Å². The monoisotopic (exact) mass is 266 g/mol. The Balaban J connectivity index is 2.47. The zero-order valence-corrected chi connectivity index (χ0v) is 12.7. The number of hydrogen-bond donors (Lipinski definition) is 0. The van der Waals surface area contributed by atoms with E-state index in [0.717, 1.165) is 11.4 Å². The van der Waals surface area contributed by atoms with Gasteiger partial charge in [0.25, 0.3) is 0 Å². The lowest BCUT2D eigenvalue weighted by atomic mass is 9.87. The fourth-order valence-electron chi connectivity index (χ4n) is 1.95. The van der Waals surface area contributed by atoms with E-state index >= 15 is 0 Å². The maximum Gasteiger partial charge on any atom is 0.0645 e. The van der Waals surface area contributed by atoms with Crippen LogP contribution in [0, 0.1) is 6.92 Å². The van der Waals surface area contributed by atoms with Crippen molar-refractivity contribution in [3.63, 3.8) is 0 Å². The maximum absolute atomic E-state index is 4.59. The lowest BCUT2D eigenvalue weighted by molar-refractivity contribution is 0.590. The molecule has 0 saturated heterocycles.